The Morgan fingerprint density at radius 3 is 0.810 bits per heavy atom. The van der Waals surface area contributed by atoms with Crippen molar-refractivity contribution in [1.82, 2.24) is 0 Å². The molecule has 17 nitrogen and oxygen atoms in total. The predicted octanol–water partition coefficient (Wildman–Crippen LogP) is 18.2. The second kappa shape index (κ2) is 58.7. The molecule has 2 unspecified atom stereocenters. The molecule has 0 saturated carbocycles. The van der Waals surface area contributed by atoms with Gasteiger partial charge in [-0.3, -0.25) is 37.3 Å². The molecule has 498 valence electrons. The van der Waals surface area contributed by atoms with E-state index in [0.717, 1.165) is 121 Å². The normalized spacial score (nSPS) is 14.2. The van der Waals surface area contributed by atoms with Crippen LogP contribution in [-0.2, 0) is 65.4 Å². The van der Waals surface area contributed by atoms with E-state index in [0.29, 0.717) is 25.7 Å². The fourth-order valence-corrected chi connectivity index (χ4v) is 11.3. The molecule has 19 heteroatoms. The molecule has 0 spiro atoms. The highest BCUT2D eigenvalue weighted by Gasteiger charge is 2.30. The van der Waals surface area contributed by atoms with E-state index in [-0.39, 0.29) is 25.7 Å². The first-order valence-corrected chi connectivity index (χ1v) is 37.1. The number of rotatable bonds is 65. The molecule has 0 heterocycles. The minimum atomic E-state index is -4.94. The van der Waals surface area contributed by atoms with Gasteiger partial charge in [-0.05, 0) is 31.6 Å². The van der Waals surface area contributed by atoms with Gasteiger partial charge in [-0.15, -0.1) is 0 Å². The Morgan fingerprint density at radius 2 is 0.548 bits per heavy atom. The van der Waals surface area contributed by atoms with Crippen LogP contribution in [0.4, 0.5) is 0 Å². The molecular weight excluding hydrogens is 1110 g/mol. The minimum absolute atomic E-state index is 0.103. The number of phosphoric ester groups is 2. The Kier molecular flexibility index (Phi) is 57.4. The number of esters is 4. The molecule has 0 rings (SSSR count). The van der Waals surface area contributed by atoms with E-state index in [1.54, 1.807) is 0 Å². The highest BCUT2D eigenvalue weighted by molar-refractivity contribution is 7.47. The van der Waals surface area contributed by atoms with Crippen molar-refractivity contribution in [3.63, 3.8) is 0 Å². The summed E-state index contributed by atoms with van der Waals surface area (Å²) in [6.07, 6.45) is 43.3. The van der Waals surface area contributed by atoms with Gasteiger partial charge in [0, 0.05) is 25.7 Å². The lowest BCUT2D eigenvalue weighted by molar-refractivity contribution is -0.161. The maximum absolute atomic E-state index is 13.0. The lowest BCUT2D eigenvalue weighted by Crippen LogP contribution is -2.30. The molecule has 0 aromatic carbocycles. The second-order valence-corrected chi connectivity index (χ2v) is 26.9. The Bertz CT molecular complexity index is 1640. The molecule has 0 fully saturated rings. The van der Waals surface area contributed by atoms with Crippen LogP contribution >= 0.6 is 15.6 Å². The first-order valence-electron chi connectivity index (χ1n) is 34.1. The molecule has 0 radical (unpaired) electrons. The topological polar surface area (TPSA) is 237 Å². The number of aliphatic hydroxyl groups excluding tert-OH is 1. The molecule has 84 heavy (non-hydrogen) atoms. The zero-order valence-electron chi connectivity index (χ0n) is 54.0. The third kappa shape index (κ3) is 59.0. The van der Waals surface area contributed by atoms with Gasteiger partial charge in [-0.25, -0.2) is 9.13 Å². The summed E-state index contributed by atoms with van der Waals surface area (Å²) in [6, 6.07) is 0. The van der Waals surface area contributed by atoms with Gasteiger partial charge in [-0.1, -0.05) is 279 Å². The molecule has 0 bridgehead atoms. The lowest BCUT2D eigenvalue weighted by Gasteiger charge is -2.21. The van der Waals surface area contributed by atoms with Crippen molar-refractivity contribution in [2.75, 3.05) is 39.6 Å². The van der Waals surface area contributed by atoms with E-state index < -0.39 is 97.5 Å². The number of carbonyl (C=O) groups excluding carboxylic acids is 4. The van der Waals surface area contributed by atoms with Crippen LogP contribution in [0.2, 0.25) is 0 Å². The Labute approximate surface area is 511 Å². The molecule has 0 aliphatic carbocycles. The highest BCUT2D eigenvalue weighted by Crippen LogP contribution is 2.45. The SMILES string of the molecule is CCCCCCCCCCCCCCCCCC(=O)OC[C@H](COP(=O)(O)OC[C@@H](O)COP(=O)(O)OC[C@@H](COC(=O)CCCCCCCCC)OC(=O)CCCCCCCCC)OC(=O)CCCCCCCCCCCCCCC(C)C. The van der Waals surface area contributed by atoms with Crippen LogP contribution in [0.5, 0.6) is 0 Å². The first-order chi connectivity index (χ1) is 40.5. The van der Waals surface area contributed by atoms with Crippen LogP contribution < -0.4 is 0 Å². The minimum Gasteiger partial charge on any atom is -0.462 e. The number of hydrogen-bond donors (Lipinski definition) is 3. The van der Waals surface area contributed by atoms with Gasteiger partial charge in [0.25, 0.3) is 0 Å². The predicted molar refractivity (Wildman–Crippen MR) is 335 cm³/mol. The van der Waals surface area contributed by atoms with Crippen LogP contribution in [0.15, 0.2) is 0 Å². The summed E-state index contributed by atoms with van der Waals surface area (Å²) in [4.78, 5) is 72.0. The molecular formula is C65H126O17P2. The Hall–Kier alpha value is -1.94. The summed E-state index contributed by atoms with van der Waals surface area (Å²) in [7, 11) is -9.88. The van der Waals surface area contributed by atoms with Crippen molar-refractivity contribution in [3.8, 4) is 0 Å². The Balaban J connectivity index is 5.17. The van der Waals surface area contributed by atoms with E-state index in [9.17, 15) is 43.2 Å². The van der Waals surface area contributed by atoms with E-state index in [2.05, 4.69) is 34.6 Å². The van der Waals surface area contributed by atoms with E-state index >= 15 is 0 Å². The van der Waals surface area contributed by atoms with Crippen molar-refractivity contribution in [3.05, 3.63) is 0 Å². The highest BCUT2D eigenvalue weighted by atomic mass is 31.2. The van der Waals surface area contributed by atoms with Gasteiger partial charge in [0.05, 0.1) is 26.4 Å². The number of unbranched alkanes of at least 4 members (excludes halogenated alkanes) is 37. The maximum atomic E-state index is 13.0. The summed E-state index contributed by atoms with van der Waals surface area (Å²) in [5.74, 6) is -1.36. The van der Waals surface area contributed by atoms with E-state index in [4.69, 9.17) is 37.0 Å². The molecule has 0 aromatic heterocycles. The molecule has 5 atom stereocenters. The smallest absolute Gasteiger partial charge is 0.462 e. The Morgan fingerprint density at radius 1 is 0.321 bits per heavy atom. The van der Waals surface area contributed by atoms with Crippen molar-refractivity contribution in [1.29, 1.82) is 0 Å². The average Bonchev–Trinajstić information content (AvgIpc) is 3.65. The molecule has 0 aliphatic rings. The van der Waals surface area contributed by atoms with Crippen LogP contribution in [0, 0.1) is 5.92 Å². The number of ether oxygens (including phenoxy) is 4. The zero-order chi connectivity index (χ0) is 62.0. The monoisotopic (exact) mass is 1240 g/mol. The van der Waals surface area contributed by atoms with Gasteiger partial charge < -0.3 is 33.8 Å². The van der Waals surface area contributed by atoms with Gasteiger partial charge in [0.2, 0.25) is 0 Å². The van der Waals surface area contributed by atoms with Crippen molar-refractivity contribution in [2.24, 2.45) is 5.92 Å². The number of carbonyl (C=O) groups is 4. The number of aliphatic hydroxyl groups is 1. The fourth-order valence-electron chi connectivity index (χ4n) is 9.76. The summed E-state index contributed by atoms with van der Waals surface area (Å²) in [6.45, 7) is 7.14. The third-order valence-electron chi connectivity index (χ3n) is 15.0. The summed E-state index contributed by atoms with van der Waals surface area (Å²) in [5.41, 5.74) is 0. The summed E-state index contributed by atoms with van der Waals surface area (Å²) in [5, 5.41) is 10.5. The molecule has 0 aliphatic heterocycles. The van der Waals surface area contributed by atoms with Gasteiger partial charge in [0.15, 0.2) is 12.2 Å². The maximum Gasteiger partial charge on any atom is 0.472 e. The summed E-state index contributed by atoms with van der Waals surface area (Å²) < 4.78 is 67.9. The van der Waals surface area contributed by atoms with Crippen molar-refractivity contribution < 1.29 is 80.2 Å². The zero-order valence-corrected chi connectivity index (χ0v) is 55.8. The first kappa shape index (κ1) is 82.1. The molecule has 0 saturated heterocycles. The van der Waals surface area contributed by atoms with Gasteiger partial charge >= 0.3 is 39.5 Å². The molecule has 0 amide bonds. The average molecular weight is 1240 g/mol. The number of hydrogen-bond acceptors (Lipinski definition) is 15. The van der Waals surface area contributed by atoms with Crippen LogP contribution in [0.25, 0.3) is 0 Å². The fraction of sp³-hybridized carbons (Fsp3) is 0.938. The van der Waals surface area contributed by atoms with Gasteiger partial charge in [0.1, 0.15) is 19.3 Å². The van der Waals surface area contributed by atoms with E-state index in [1.165, 1.54) is 128 Å². The van der Waals surface area contributed by atoms with Crippen molar-refractivity contribution in [2.45, 2.75) is 348 Å². The number of phosphoric acid groups is 2. The summed E-state index contributed by atoms with van der Waals surface area (Å²) >= 11 is 0. The van der Waals surface area contributed by atoms with Crippen LogP contribution in [-0.4, -0.2) is 96.7 Å². The second-order valence-electron chi connectivity index (χ2n) is 24.0. The van der Waals surface area contributed by atoms with Crippen LogP contribution in [0.3, 0.4) is 0 Å². The lowest BCUT2D eigenvalue weighted by atomic mass is 10.0. The quantitative estimate of drug-likeness (QED) is 0.0222. The largest absolute Gasteiger partial charge is 0.472 e. The molecule has 0 aromatic rings. The van der Waals surface area contributed by atoms with Crippen molar-refractivity contribution >= 4 is 39.5 Å². The third-order valence-corrected chi connectivity index (χ3v) is 16.9. The standard InChI is InChI=1S/C65H126O17P2/c1-6-9-12-15-18-19-20-21-22-23-27-30-35-39-44-49-63(68)76-55-61(82-65(70)51-46-41-36-31-28-25-24-26-29-34-37-42-47-58(4)5)57-80-84(73,74)78-53-59(66)52-77-83(71,72)79-56-60(81-64(69)50-45-40-33-17-14-11-8-3)54-75-62(67)48-43-38-32-16-13-10-7-2/h58-61,66H,6-57H2,1-5H3,(H,71,72)(H,73,74)/t59-,60+,61+/m0/s1. The van der Waals surface area contributed by atoms with E-state index in [1.807, 2.05) is 0 Å². The van der Waals surface area contributed by atoms with Crippen LogP contribution in [0.1, 0.15) is 330 Å². The molecule has 3 N–H and O–H groups in total. The van der Waals surface area contributed by atoms with Gasteiger partial charge in [-0.2, -0.15) is 0 Å².